The highest BCUT2D eigenvalue weighted by Gasteiger charge is 2.62. The Labute approximate surface area is 173 Å². The molecule has 0 aliphatic heterocycles. The lowest BCUT2D eigenvalue weighted by molar-refractivity contribution is -0.177. The third kappa shape index (κ3) is 4.08. The van der Waals surface area contributed by atoms with Gasteiger partial charge in [0.15, 0.2) is 0 Å². The summed E-state index contributed by atoms with van der Waals surface area (Å²) in [5.41, 5.74) is -0.487. The van der Waals surface area contributed by atoms with Crippen molar-refractivity contribution in [2.24, 2.45) is 35.0 Å². The summed E-state index contributed by atoms with van der Waals surface area (Å²) in [5, 5.41) is 9.38. The lowest BCUT2D eigenvalue weighted by atomic mass is 9.50. The van der Waals surface area contributed by atoms with Gasteiger partial charge in [-0.1, -0.05) is 6.92 Å². The van der Waals surface area contributed by atoms with Crippen LogP contribution in [0.1, 0.15) is 72.6 Å². The molecule has 7 atom stereocenters. The van der Waals surface area contributed by atoms with Gasteiger partial charge in [-0.3, -0.25) is 14.4 Å². The molecule has 3 aliphatic carbocycles. The van der Waals surface area contributed by atoms with Crippen molar-refractivity contribution >= 4 is 17.9 Å². The molecule has 3 fully saturated rings. The smallest absolute Gasteiger partial charge is 0.307 e. The molecule has 6 heteroatoms. The van der Waals surface area contributed by atoms with E-state index in [1.54, 1.807) is 0 Å². The number of ether oxygens (including phenoxy) is 2. The molecule has 0 aromatic rings. The van der Waals surface area contributed by atoms with Crippen LogP contribution < -0.4 is 0 Å². The minimum Gasteiger partial charge on any atom is -0.481 e. The van der Waals surface area contributed by atoms with Gasteiger partial charge in [0.05, 0.1) is 6.26 Å². The van der Waals surface area contributed by atoms with E-state index in [4.69, 9.17) is 9.47 Å². The van der Waals surface area contributed by atoms with Gasteiger partial charge < -0.3 is 14.6 Å². The molecular weight excluding hydrogens is 372 g/mol. The molecule has 0 amide bonds. The predicted molar refractivity (Wildman–Crippen MR) is 107 cm³/mol. The third-order valence-electron chi connectivity index (χ3n) is 8.27. The van der Waals surface area contributed by atoms with Crippen LogP contribution in [-0.2, 0) is 23.9 Å². The quantitative estimate of drug-likeness (QED) is 0.540. The van der Waals surface area contributed by atoms with Crippen LogP contribution in [0.25, 0.3) is 0 Å². The van der Waals surface area contributed by atoms with Gasteiger partial charge in [-0.25, -0.2) is 0 Å². The van der Waals surface area contributed by atoms with Crippen molar-refractivity contribution in [2.45, 2.75) is 78.2 Å². The van der Waals surface area contributed by atoms with Crippen LogP contribution in [0.2, 0.25) is 0 Å². The monoisotopic (exact) mass is 406 g/mol. The molecule has 1 N–H and O–H groups in total. The topological polar surface area (TPSA) is 89.9 Å². The third-order valence-corrected chi connectivity index (χ3v) is 8.27. The Balaban J connectivity index is 1.85. The molecule has 0 saturated heterocycles. The number of carbonyl (C=O) groups is 3. The van der Waals surface area contributed by atoms with Crippen molar-refractivity contribution in [1.82, 2.24) is 0 Å². The van der Waals surface area contributed by atoms with E-state index in [1.807, 2.05) is 6.08 Å². The van der Waals surface area contributed by atoms with E-state index < -0.39 is 11.6 Å². The van der Waals surface area contributed by atoms with Crippen molar-refractivity contribution in [1.29, 1.82) is 0 Å². The second-order valence-corrected chi connectivity index (χ2v) is 9.70. The van der Waals surface area contributed by atoms with Crippen LogP contribution >= 0.6 is 0 Å². The highest BCUT2D eigenvalue weighted by Crippen LogP contribution is 2.65. The van der Waals surface area contributed by atoms with Gasteiger partial charge in [0.1, 0.15) is 5.60 Å². The van der Waals surface area contributed by atoms with Gasteiger partial charge in [-0.05, 0) is 81.1 Å². The Morgan fingerprint density at radius 2 is 1.72 bits per heavy atom. The van der Waals surface area contributed by atoms with Crippen LogP contribution in [0.4, 0.5) is 0 Å². The summed E-state index contributed by atoms with van der Waals surface area (Å²) in [7, 11) is 0. The number of rotatable bonds is 5. The van der Waals surface area contributed by atoms with E-state index in [9.17, 15) is 19.5 Å². The summed E-state index contributed by atoms with van der Waals surface area (Å²) in [6, 6.07) is 0. The predicted octanol–water partition coefficient (Wildman–Crippen LogP) is 4.33. The molecule has 162 valence electrons. The van der Waals surface area contributed by atoms with Crippen molar-refractivity contribution in [3.63, 3.8) is 0 Å². The summed E-state index contributed by atoms with van der Waals surface area (Å²) in [6.45, 7) is 7.21. The SMILES string of the molecule is CC(=O)OC=C[C@H]1[C@H](CC(=O)O)CC[C@@H]2[C@@H]1CC[C@@]1(C)[C@H]2CC[C@]1(C)OC(C)=O. The van der Waals surface area contributed by atoms with Gasteiger partial charge >= 0.3 is 17.9 Å². The number of carbonyl (C=O) groups excluding carboxylic acids is 2. The zero-order valence-electron chi connectivity index (χ0n) is 18.0. The van der Waals surface area contributed by atoms with Crippen molar-refractivity contribution in [3.8, 4) is 0 Å². The number of hydrogen-bond acceptors (Lipinski definition) is 5. The number of allylic oxidation sites excluding steroid dienone is 1. The summed E-state index contributed by atoms with van der Waals surface area (Å²) in [6.07, 6.45) is 9.24. The van der Waals surface area contributed by atoms with Gasteiger partial charge in [-0.15, -0.1) is 0 Å². The number of esters is 2. The maximum absolute atomic E-state index is 11.7. The first kappa shape index (κ1) is 21.8. The Bertz CT molecular complexity index is 699. The Morgan fingerprint density at radius 3 is 2.34 bits per heavy atom. The first-order valence-corrected chi connectivity index (χ1v) is 10.8. The largest absolute Gasteiger partial charge is 0.481 e. The number of fused-ring (bicyclic) bond motifs is 3. The van der Waals surface area contributed by atoms with E-state index in [0.717, 1.165) is 38.5 Å². The Kier molecular flexibility index (Phi) is 6.11. The van der Waals surface area contributed by atoms with E-state index >= 15 is 0 Å². The molecule has 0 radical (unpaired) electrons. The highest BCUT2D eigenvalue weighted by molar-refractivity contribution is 5.67. The summed E-state index contributed by atoms with van der Waals surface area (Å²) in [5.74, 6) is 0.0991. The molecule has 0 aromatic heterocycles. The molecule has 3 saturated carbocycles. The van der Waals surface area contributed by atoms with Gasteiger partial charge in [-0.2, -0.15) is 0 Å². The molecule has 3 aliphatic rings. The normalized spacial score (nSPS) is 41.4. The van der Waals surface area contributed by atoms with Crippen molar-refractivity contribution < 1.29 is 29.0 Å². The Morgan fingerprint density at radius 1 is 1.00 bits per heavy atom. The van der Waals surface area contributed by atoms with Crippen LogP contribution in [-0.4, -0.2) is 28.6 Å². The first-order chi connectivity index (χ1) is 13.6. The van der Waals surface area contributed by atoms with Crippen LogP contribution in [0, 0.1) is 35.0 Å². The molecule has 0 spiro atoms. The van der Waals surface area contributed by atoms with Crippen LogP contribution in [0.5, 0.6) is 0 Å². The molecule has 0 unspecified atom stereocenters. The zero-order valence-corrected chi connectivity index (χ0v) is 18.0. The van der Waals surface area contributed by atoms with E-state index in [0.29, 0.717) is 17.8 Å². The number of carboxylic acid groups (broad SMARTS) is 1. The molecule has 0 heterocycles. The fraction of sp³-hybridized carbons (Fsp3) is 0.783. The average molecular weight is 407 g/mol. The van der Waals surface area contributed by atoms with Crippen LogP contribution in [0.15, 0.2) is 12.3 Å². The minimum absolute atomic E-state index is 0.0520. The maximum atomic E-state index is 11.7. The molecule has 0 bridgehead atoms. The lowest BCUT2D eigenvalue weighted by Gasteiger charge is -2.55. The van der Waals surface area contributed by atoms with Gasteiger partial charge in [0.25, 0.3) is 0 Å². The van der Waals surface area contributed by atoms with Gasteiger partial charge in [0, 0.05) is 25.7 Å². The fourth-order valence-corrected chi connectivity index (χ4v) is 6.86. The van der Waals surface area contributed by atoms with Crippen LogP contribution in [0.3, 0.4) is 0 Å². The van der Waals surface area contributed by atoms with E-state index in [1.165, 1.54) is 20.1 Å². The molecule has 6 nitrogen and oxygen atoms in total. The lowest BCUT2D eigenvalue weighted by Crippen LogP contribution is -2.53. The average Bonchev–Trinajstić information content (AvgIpc) is 2.86. The summed E-state index contributed by atoms with van der Waals surface area (Å²) in [4.78, 5) is 34.3. The highest BCUT2D eigenvalue weighted by atomic mass is 16.6. The number of aliphatic carboxylic acids is 1. The summed E-state index contributed by atoms with van der Waals surface area (Å²) < 4.78 is 10.9. The van der Waals surface area contributed by atoms with E-state index in [2.05, 4.69) is 13.8 Å². The number of hydrogen-bond donors (Lipinski definition) is 1. The number of carboxylic acids is 1. The maximum Gasteiger partial charge on any atom is 0.307 e. The minimum atomic E-state index is -0.775. The standard InChI is InChI=1S/C23H34O6/c1-14(24)28-12-9-17-16(13-21(26)27)5-6-19-18(17)7-10-22(3)20(19)8-11-23(22,4)29-15(2)25/h9,12,16-20H,5-8,10-11,13H2,1-4H3,(H,26,27)/t16-,17-,18+,19+,20-,22-,23-/m0/s1. The fourth-order valence-electron chi connectivity index (χ4n) is 6.86. The molecule has 3 rings (SSSR count). The molecular formula is C23H34O6. The summed E-state index contributed by atoms with van der Waals surface area (Å²) >= 11 is 0. The second-order valence-electron chi connectivity index (χ2n) is 9.70. The zero-order chi connectivity index (χ0) is 21.4. The second kappa shape index (κ2) is 8.11. The van der Waals surface area contributed by atoms with Gasteiger partial charge in [0.2, 0.25) is 0 Å². The molecule has 29 heavy (non-hydrogen) atoms. The van der Waals surface area contributed by atoms with E-state index in [-0.39, 0.29) is 35.6 Å². The van der Waals surface area contributed by atoms with Crippen molar-refractivity contribution in [2.75, 3.05) is 0 Å². The first-order valence-electron chi connectivity index (χ1n) is 10.8. The molecule has 0 aromatic carbocycles. The Hall–Kier alpha value is -1.85. The van der Waals surface area contributed by atoms with Crippen molar-refractivity contribution in [3.05, 3.63) is 12.3 Å².